The number of hydrogen-bond acceptors (Lipinski definition) is 4. The van der Waals surface area contributed by atoms with Crippen LogP contribution in [0, 0.1) is 0 Å². The second kappa shape index (κ2) is 4.93. The Morgan fingerprint density at radius 3 is 2.42 bits per heavy atom. The minimum atomic E-state index is -0.900. The molecule has 1 aromatic carbocycles. The van der Waals surface area contributed by atoms with Crippen molar-refractivity contribution >= 4 is 23.6 Å². The van der Waals surface area contributed by atoms with Crippen LogP contribution in [0.1, 0.15) is 6.92 Å². The smallest absolute Gasteiger partial charge is 0.436 e. The van der Waals surface area contributed by atoms with Crippen molar-refractivity contribution in [3.63, 3.8) is 0 Å². The Morgan fingerprint density at radius 1 is 1.21 bits per heavy atom. The van der Waals surface area contributed by atoms with Gasteiger partial charge in [0.2, 0.25) is 0 Å². The second-order valence-corrected chi connectivity index (χ2v) is 3.75. The maximum absolute atomic E-state index is 12.0. The van der Waals surface area contributed by atoms with E-state index >= 15 is 0 Å². The van der Waals surface area contributed by atoms with E-state index in [1.165, 1.54) is 0 Å². The maximum Gasteiger partial charge on any atom is 0.436 e. The molecule has 0 aliphatic carbocycles. The van der Waals surface area contributed by atoms with E-state index in [-0.39, 0.29) is 12.2 Å². The molecule has 1 heterocycles. The number of hydrogen-bond donors (Lipinski definition) is 0. The molecule has 0 spiro atoms. The van der Waals surface area contributed by atoms with E-state index in [2.05, 4.69) is 6.58 Å². The van der Waals surface area contributed by atoms with Gasteiger partial charge in [-0.2, -0.15) is 0 Å². The molecule has 0 atom stereocenters. The SMILES string of the molecule is C=C1C(=O)N(C(=O)OCC)N(c2ccccc2)C1=O. The van der Waals surface area contributed by atoms with Crippen molar-refractivity contribution in [2.24, 2.45) is 0 Å². The molecular formula is C13H12N2O4. The van der Waals surface area contributed by atoms with Gasteiger partial charge in [0.1, 0.15) is 5.57 Å². The standard InChI is InChI=1S/C13H12N2O4/c1-3-19-13(18)15-12(17)9(2)11(16)14(15)10-7-5-4-6-8-10/h4-8H,2-3H2,1H3. The van der Waals surface area contributed by atoms with Gasteiger partial charge in [0.25, 0.3) is 11.8 Å². The number of ether oxygens (including phenoxy) is 1. The first-order valence-corrected chi connectivity index (χ1v) is 5.67. The van der Waals surface area contributed by atoms with Gasteiger partial charge in [-0.3, -0.25) is 9.59 Å². The van der Waals surface area contributed by atoms with Crippen LogP contribution in [0.3, 0.4) is 0 Å². The molecule has 0 N–H and O–H groups in total. The van der Waals surface area contributed by atoms with Gasteiger partial charge in [0.05, 0.1) is 12.3 Å². The summed E-state index contributed by atoms with van der Waals surface area (Å²) < 4.78 is 4.78. The summed E-state index contributed by atoms with van der Waals surface area (Å²) in [6, 6.07) is 8.36. The van der Waals surface area contributed by atoms with Gasteiger partial charge < -0.3 is 4.74 Å². The zero-order valence-electron chi connectivity index (χ0n) is 10.3. The summed E-state index contributed by atoms with van der Waals surface area (Å²) in [6.07, 6.45) is -0.900. The number of benzene rings is 1. The van der Waals surface area contributed by atoms with E-state index in [0.29, 0.717) is 10.7 Å². The summed E-state index contributed by atoms with van der Waals surface area (Å²) >= 11 is 0. The Labute approximate surface area is 109 Å². The molecule has 1 saturated heterocycles. The van der Waals surface area contributed by atoms with Crippen molar-refractivity contribution in [1.29, 1.82) is 0 Å². The molecule has 1 fully saturated rings. The highest BCUT2D eigenvalue weighted by Crippen LogP contribution is 2.26. The number of carbonyl (C=O) groups is 3. The molecule has 0 unspecified atom stereocenters. The molecule has 6 nitrogen and oxygen atoms in total. The first kappa shape index (κ1) is 12.8. The highest BCUT2D eigenvalue weighted by atomic mass is 16.6. The predicted molar refractivity (Wildman–Crippen MR) is 66.9 cm³/mol. The fourth-order valence-electron chi connectivity index (χ4n) is 1.68. The summed E-state index contributed by atoms with van der Waals surface area (Å²) in [4.78, 5) is 35.6. The Kier molecular flexibility index (Phi) is 3.33. The molecule has 2 rings (SSSR count). The van der Waals surface area contributed by atoms with Gasteiger partial charge in [-0.05, 0) is 19.1 Å². The lowest BCUT2D eigenvalue weighted by Crippen LogP contribution is -2.45. The molecule has 98 valence electrons. The lowest BCUT2D eigenvalue weighted by atomic mass is 10.3. The highest BCUT2D eigenvalue weighted by molar-refractivity contribution is 6.31. The monoisotopic (exact) mass is 260 g/mol. The van der Waals surface area contributed by atoms with E-state index in [1.807, 2.05) is 0 Å². The van der Waals surface area contributed by atoms with Crippen LogP contribution in [0.2, 0.25) is 0 Å². The molecule has 0 aromatic heterocycles. The normalized spacial score (nSPS) is 15.1. The van der Waals surface area contributed by atoms with Gasteiger partial charge in [-0.15, -0.1) is 5.01 Å². The largest absolute Gasteiger partial charge is 0.448 e. The van der Waals surface area contributed by atoms with E-state index in [4.69, 9.17) is 4.74 Å². The van der Waals surface area contributed by atoms with Crippen LogP contribution in [-0.2, 0) is 14.3 Å². The number of hydrazine groups is 1. The first-order chi connectivity index (χ1) is 9.07. The van der Waals surface area contributed by atoms with Crippen molar-refractivity contribution in [3.05, 3.63) is 42.5 Å². The van der Waals surface area contributed by atoms with E-state index in [0.717, 1.165) is 5.01 Å². The third-order valence-corrected chi connectivity index (χ3v) is 2.54. The van der Waals surface area contributed by atoms with Crippen LogP contribution in [-0.4, -0.2) is 29.5 Å². The summed E-state index contributed by atoms with van der Waals surface area (Å²) in [5, 5.41) is 1.62. The molecule has 0 saturated carbocycles. The maximum atomic E-state index is 12.0. The predicted octanol–water partition coefficient (Wildman–Crippen LogP) is 1.49. The Hall–Kier alpha value is -2.63. The average Bonchev–Trinajstić information content (AvgIpc) is 2.64. The van der Waals surface area contributed by atoms with Crippen molar-refractivity contribution < 1.29 is 19.1 Å². The van der Waals surface area contributed by atoms with Crippen LogP contribution in [0.15, 0.2) is 42.5 Å². The zero-order chi connectivity index (χ0) is 14.0. The minimum Gasteiger partial charge on any atom is -0.448 e. The van der Waals surface area contributed by atoms with E-state index in [1.54, 1.807) is 37.3 Å². The lowest BCUT2D eigenvalue weighted by Gasteiger charge is -2.24. The molecule has 1 aliphatic rings. The molecule has 3 amide bonds. The topological polar surface area (TPSA) is 66.9 Å². The fraction of sp³-hybridized carbons (Fsp3) is 0.154. The zero-order valence-corrected chi connectivity index (χ0v) is 10.3. The molecule has 0 radical (unpaired) electrons. The second-order valence-electron chi connectivity index (χ2n) is 3.75. The first-order valence-electron chi connectivity index (χ1n) is 5.67. The number of nitrogens with zero attached hydrogens (tertiary/aromatic N) is 2. The molecule has 1 aromatic rings. The highest BCUT2D eigenvalue weighted by Gasteiger charge is 2.45. The summed E-state index contributed by atoms with van der Waals surface area (Å²) in [5.74, 6) is -1.41. The van der Waals surface area contributed by atoms with Gasteiger partial charge in [0, 0.05) is 0 Å². The van der Waals surface area contributed by atoms with Gasteiger partial charge in [-0.25, -0.2) is 9.80 Å². The van der Waals surface area contributed by atoms with E-state index < -0.39 is 17.9 Å². The van der Waals surface area contributed by atoms with Gasteiger partial charge >= 0.3 is 6.09 Å². The quantitative estimate of drug-likeness (QED) is 0.597. The van der Waals surface area contributed by atoms with Crippen LogP contribution in [0.25, 0.3) is 0 Å². The van der Waals surface area contributed by atoms with Gasteiger partial charge in [-0.1, -0.05) is 24.8 Å². The third kappa shape index (κ3) is 2.08. The third-order valence-electron chi connectivity index (χ3n) is 2.54. The number of rotatable bonds is 2. The molecule has 6 heteroatoms. The summed E-state index contributed by atoms with van der Waals surface area (Å²) in [6.45, 7) is 5.11. The number of anilines is 1. The fourth-order valence-corrected chi connectivity index (χ4v) is 1.68. The van der Waals surface area contributed by atoms with Crippen LogP contribution >= 0.6 is 0 Å². The molecule has 19 heavy (non-hydrogen) atoms. The average molecular weight is 260 g/mol. The van der Waals surface area contributed by atoms with Crippen LogP contribution < -0.4 is 5.01 Å². The lowest BCUT2D eigenvalue weighted by molar-refractivity contribution is -0.123. The number of imide groups is 1. The summed E-state index contributed by atoms with van der Waals surface area (Å²) in [7, 11) is 0. The number of para-hydroxylation sites is 1. The minimum absolute atomic E-state index is 0.103. The van der Waals surface area contributed by atoms with Crippen molar-refractivity contribution in [2.45, 2.75) is 6.92 Å². The van der Waals surface area contributed by atoms with Crippen molar-refractivity contribution in [1.82, 2.24) is 5.01 Å². The van der Waals surface area contributed by atoms with Crippen LogP contribution in [0.4, 0.5) is 10.5 Å². The number of amides is 3. The molecule has 1 aliphatic heterocycles. The van der Waals surface area contributed by atoms with Crippen molar-refractivity contribution in [2.75, 3.05) is 11.6 Å². The van der Waals surface area contributed by atoms with Gasteiger partial charge in [0.15, 0.2) is 0 Å². The van der Waals surface area contributed by atoms with Crippen LogP contribution in [0.5, 0.6) is 0 Å². The summed E-state index contributed by atoms with van der Waals surface area (Å²) in [5.41, 5.74) is 0.129. The van der Waals surface area contributed by atoms with Crippen molar-refractivity contribution in [3.8, 4) is 0 Å². The number of carbonyl (C=O) groups excluding carboxylic acids is 3. The van der Waals surface area contributed by atoms with E-state index in [9.17, 15) is 14.4 Å². The Balaban J connectivity index is 2.43. The molecular weight excluding hydrogens is 248 g/mol. The Bertz CT molecular complexity index is 553. The molecule has 0 bridgehead atoms. The Morgan fingerprint density at radius 2 is 1.84 bits per heavy atom.